The molecule has 0 aromatic heterocycles. The summed E-state index contributed by atoms with van der Waals surface area (Å²) in [5.74, 6) is -3.35. The second-order valence-corrected chi connectivity index (χ2v) is 10.5. The molecule has 0 atom stereocenters. The van der Waals surface area contributed by atoms with Gasteiger partial charge in [-0.2, -0.15) is 0 Å². The average Bonchev–Trinajstić information content (AvgIpc) is 3.17. The number of ether oxygens (including phenoxy) is 6. The molecule has 0 spiro atoms. The second kappa shape index (κ2) is 20.4. The van der Waals surface area contributed by atoms with Crippen LogP contribution >= 0.6 is 0 Å². The summed E-state index contributed by atoms with van der Waals surface area (Å²) in [6, 6.07) is 20.1. The highest BCUT2D eigenvalue weighted by Crippen LogP contribution is 2.30. The first kappa shape index (κ1) is 40.9. The van der Waals surface area contributed by atoms with E-state index in [1.165, 1.54) is 82.0 Å². The lowest BCUT2D eigenvalue weighted by molar-refractivity contribution is -0.152. The van der Waals surface area contributed by atoms with Crippen LogP contribution in [0.4, 0.5) is 0 Å². The van der Waals surface area contributed by atoms with Crippen LogP contribution in [-0.4, -0.2) is 72.7 Å². The Bertz CT molecular complexity index is 2070. The van der Waals surface area contributed by atoms with Gasteiger partial charge >= 0.3 is 23.9 Å². The van der Waals surface area contributed by atoms with Crippen LogP contribution < -0.4 is 23.7 Å². The summed E-state index contributed by atoms with van der Waals surface area (Å²) in [5, 5.41) is 38.3. The minimum atomic E-state index is -1.09. The number of aliphatic hydroxyl groups is 1. The van der Waals surface area contributed by atoms with Crippen molar-refractivity contribution in [2.45, 2.75) is 0 Å². The summed E-state index contributed by atoms with van der Waals surface area (Å²) < 4.78 is 29.8. The van der Waals surface area contributed by atoms with Crippen molar-refractivity contribution in [3.8, 4) is 40.2 Å². The van der Waals surface area contributed by atoms with Crippen molar-refractivity contribution in [3.05, 3.63) is 125 Å². The summed E-state index contributed by atoms with van der Waals surface area (Å²) in [6.45, 7) is 0. The van der Waals surface area contributed by atoms with Crippen LogP contribution in [0.25, 0.3) is 24.3 Å². The number of aliphatic hydroxyl groups excluding tert-OH is 1. The van der Waals surface area contributed by atoms with Gasteiger partial charge in [-0.3, -0.25) is 0 Å². The van der Waals surface area contributed by atoms with E-state index in [-0.39, 0.29) is 17.2 Å². The fourth-order valence-electron chi connectivity index (χ4n) is 4.21. The zero-order valence-electron chi connectivity index (χ0n) is 29.4. The standard InChI is InChI=1S/C29H24O10.C11H12O4/c1-36-21-9-3-18(4-10-21)16-24(32)29(35)38-25-12-6-19(15-23(25)31)7-13-27(33)39-28(34)14-8-20-5-11-22(30)26(17-20)37-2;1-14-9-5-3-8(4-6-11(12)13)7-10(9)15-2/h3-17,30-32H,1-2H3;3-7H,1-2H3,(H,12,13). The Hall–Kier alpha value is -7.48. The van der Waals surface area contributed by atoms with E-state index in [1.807, 2.05) is 0 Å². The summed E-state index contributed by atoms with van der Waals surface area (Å²) in [6.07, 6.45) is 8.41. The molecule has 4 aromatic carbocycles. The molecular weight excluding hydrogens is 704 g/mol. The number of carbonyl (C=O) groups is 4. The highest BCUT2D eigenvalue weighted by molar-refractivity contribution is 6.00. The average molecular weight is 741 g/mol. The number of carboxylic acid groups (broad SMARTS) is 1. The molecule has 4 aromatic rings. The third kappa shape index (κ3) is 13.0. The van der Waals surface area contributed by atoms with Crippen LogP contribution in [0.15, 0.2) is 103 Å². The molecule has 280 valence electrons. The Morgan fingerprint density at radius 1 is 0.519 bits per heavy atom. The van der Waals surface area contributed by atoms with Gasteiger partial charge in [-0.25, -0.2) is 19.2 Å². The number of carboxylic acids is 1. The Balaban J connectivity index is 0.000000437. The van der Waals surface area contributed by atoms with Gasteiger partial charge in [0.25, 0.3) is 0 Å². The molecule has 54 heavy (non-hydrogen) atoms. The lowest BCUT2D eigenvalue weighted by Gasteiger charge is -2.07. The maximum Gasteiger partial charge on any atom is 0.378 e. The molecule has 0 bridgehead atoms. The first-order valence-corrected chi connectivity index (χ1v) is 15.6. The van der Waals surface area contributed by atoms with Gasteiger partial charge in [-0.15, -0.1) is 0 Å². The number of hydrogen-bond acceptors (Lipinski definition) is 13. The minimum absolute atomic E-state index is 0.0607. The van der Waals surface area contributed by atoms with Gasteiger partial charge in [0.1, 0.15) is 5.75 Å². The van der Waals surface area contributed by atoms with Gasteiger partial charge in [0.15, 0.2) is 34.5 Å². The lowest BCUT2D eigenvalue weighted by atomic mass is 10.2. The fraction of sp³-hybridized carbons (Fsp3) is 0.100. The van der Waals surface area contributed by atoms with E-state index >= 15 is 0 Å². The van der Waals surface area contributed by atoms with Gasteiger partial charge in [-0.05, 0) is 95.1 Å². The van der Waals surface area contributed by atoms with E-state index in [0.717, 1.165) is 23.8 Å². The number of aromatic hydroxyl groups is 2. The number of methoxy groups -OCH3 is 4. The molecule has 0 heterocycles. The predicted octanol–water partition coefficient (Wildman–Crippen LogP) is 6.22. The van der Waals surface area contributed by atoms with Crippen molar-refractivity contribution in [2.24, 2.45) is 0 Å². The van der Waals surface area contributed by atoms with Crippen LogP contribution in [0.5, 0.6) is 40.2 Å². The van der Waals surface area contributed by atoms with E-state index in [4.69, 9.17) is 28.8 Å². The SMILES string of the molecule is COc1ccc(C=C(O)C(=O)Oc2ccc(C=CC(=O)OC(=O)C=Cc3ccc(O)c(OC)c3)cc2O)cc1.COc1ccc(C=CC(=O)O)cc1OC. The van der Waals surface area contributed by atoms with Crippen molar-refractivity contribution >= 4 is 48.2 Å². The highest BCUT2D eigenvalue weighted by Gasteiger charge is 2.14. The van der Waals surface area contributed by atoms with Crippen molar-refractivity contribution < 1.29 is 68.0 Å². The molecule has 14 heteroatoms. The molecule has 0 saturated carbocycles. The molecule has 0 saturated heterocycles. The fourth-order valence-corrected chi connectivity index (χ4v) is 4.21. The van der Waals surface area contributed by atoms with Gasteiger partial charge in [-0.1, -0.05) is 30.3 Å². The van der Waals surface area contributed by atoms with E-state index in [2.05, 4.69) is 4.74 Å². The maximum absolute atomic E-state index is 12.2. The number of aliphatic carboxylic acids is 1. The highest BCUT2D eigenvalue weighted by atomic mass is 16.6. The molecule has 0 radical (unpaired) electrons. The van der Waals surface area contributed by atoms with E-state index in [1.54, 1.807) is 49.6 Å². The zero-order chi connectivity index (χ0) is 39.6. The molecule has 4 rings (SSSR count). The number of carbonyl (C=O) groups excluding carboxylic acids is 3. The first-order valence-electron chi connectivity index (χ1n) is 15.6. The van der Waals surface area contributed by atoms with Gasteiger partial charge in [0, 0.05) is 18.2 Å². The Morgan fingerprint density at radius 3 is 1.56 bits per heavy atom. The Labute approximate surface area is 309 Å². The smallest absolute Gasteiger partial charge is 0.378 e. The number of phenols is 2. The van der Waals surface area contributed by atoms with Crippen LogP contribution in [0.2, 0.25) is 0 Å². The normalized spacial score (nSPS) is 11.1. The van der Waals surface area contributed by atoms with Gasteiger partial charge in [0.2, 0.25) is 5.76 Å². The Kier molecular flexibility index (Phi) is 15.5. The molecular formula is C40H36O14. The van der Waals surface area contributed by atoms with Crippen molar-refractivity contribution in [3.63, 3.8) is 0 Å². The van der Waals surface area contributed by atoms with Crippen molar-refractivity contribution in [2.75, 3.05) is 28.4 Å². The summed E-state index contributed by atoms with van der Waals surface area (Å²) in [7, 11) is 5.97. The number of hydrogen-bond donors (Lipinski definition) is 4. The first-order chi connectivity index (χ1) is 25.8. The molecule has 0 aliphatic rings. The summed E-state index contributed by atoms with van der Waals surface area (Å²) in [5.41, 5.74) is 2.14. The van der Waals surface area contributed by atoms with E-state index in [9.17, 15) is 34.5 Å². The zero-order valence-corrected chi connectivity index (χ0v) is 29.4. The van der Waals surface area contributed by atoms with E-state index in [0.29, 0.717) is 33.9 Å². The van der Waals surface area contributed by atoms with Crippen LogP contribution in [0.3, 0.4) is 0 Å². The minimum Gasteiger partial charge on any atom is -0.504 e. The monoisotopic (exact) mass is 740 g/mol. The number of phenolic OH excluding ortho intramolecular Hbond substituents is 2. The molecule has 0 fully saturated rings. The molecule has 0 unspecified atom stereocenters. The van der Waals surface area contributed by atoms with E-state index < -0.39 is 35.4 Å². The van der Waals surface area contributed by atoms with Gasteiger partial charge in [0.05, 0.1) is 28.4 Å². The molecule has 0 aliphatic carbocycles. The van der Waals surface area contributed by atoms with Crippen molar-refractivity contribution in [1.29, 1.82) is 0 Å². The quantitative estimate of drug-likeness (QED) is 0.0395. The second-order valence-electron chi connectivity index (χ2n) is 10.5. The van der Waals surface area contributed by atoms with Crippen molar-refractivity contribution in [1.82, 2.24) is 0 Å². The third-order valence-electron chi connectivity index (χ3n) is 6.87. The number of esters is 3. The predicted molar refractivity (Wildman–Crippen MR) is 197 cm³/mol. The number of rotatable bonds is 13. The summed E-state index contributed by atoms with van der Waals surface area (Å²) in [4.78, 5) is 46.3. The molecule has 0 aliphatic heterocycles. The Morgan fingerprint density at radius 2 is 1.02 bits per heavy atom. The maximum atomic E-state index is 12.2. The number of benzene rings is 4. The van der Waals surface area contributed by atoms with Crippen LogP contribution in [0.1, 0.15) is 22.3 Å². The van der Waals surface area contributed by atoms with Crippen LogP contribution in [-0.2, 0) is 23.9 Å². The summed E-state index contributed by atoms with van der Waals surface area (Å²) >= 11 is 0. The van der Waals surface area contributed by atoms with Gasteiger partial charge < -0.3 is 48.8 Å². The topological polar surface area (TPSA) is 205 Å². The van der Waals surface area contributed by atoms with Crippen LogP contribution in [0, 0.1) is 0 Å². The largest absolute Gasteiger partial charge is 0.504 e. The molecule has 0 amide bonds. The lowest BCUT2D eigenvalue weighted by Crippen LogP contribution is -2.11. The molecule has 4 N–H and O–H groups in total. The molecule has 14 nitrogen and oxygen atoms in total. The third-order valence-corrected chi connectivity index (χ3v) is 6.87.